The van der Waals surface area contributed by atoms with Gasteiger partial charge in [-0.25, -0.2) is 0 Å². The van der Waals surface area contributed by atoms with Gasteiger partial charge < -0.3 is 10.5 Å². The molecule has 1 heterocycles. The van der Waals surface area contributed by atoms with Gasteiger partial charge in [0.2, 0.25) is 0 Å². The topological polar surface area (TPSA) is 61.3 Å². The molecule has 0 amide bonds. The van der Waals surface area contributed by atoms with Crippen molar-refractivity contribution in [3.05, 3.63) is 11.8 Å². The molecule has 1 atom stereocenters. The second kappa shape index (κ2) is 2.01. The van der Waals surface area contributed by atoms with Gasteiger partial charge in [-0.2, -0.15) is 0 Å². The summed E-state index contributed by atoms with van der Waals surface area (Å²) in [5.74, 6) is 0.806. The Labute approximate surface area is 54.7 Å². The third-order valence-corrected chi connectivity index (χ3v) is 1.30. The second-order valence-electron chi connectivity index (χ2n) is 2.49. The molecule has 0 aromatic rings. The van der Waals surface area contributed by atoms with Crippen LogP contribution in [0, 0.1) is 0 Å². The van der Waals surface area contributed by atoms with E-state index in [1.54, 1.807) is 0 Å². The molecule has 1 unspecified atom stereocenters. The summed E-state index contributed by atoms with van der Waals surface area (Å²) in [5, 5.41) is 0. The third-order valence-electron chi connectivity index (χ3n) is 1.30. The highest BCUT2D eigenvalue weighted by atomic mass is 16.5. The van der Waals surface area contributed by atoms with Crippen molar-refractivity contribution in [3.8, 4) is 0 Å². The molecule has 1 aliphatic rings. The van der Waals surface area contributed by atoms with E-state index < -0.39 is 5.72 Å². The summed E-state index contributed by atoms with van der Waals surface area (Å²) in [5.41, 5.74) is 10.4. The summed E-state index contributed by atoms with van der Waals surface area (Å²) in [6.07, 6.45) is 2.69. The lowest BCUT2D eigenvalue weighted by molar-refractivity contribution is 0.0488. The summed E-state index contributed by atoms with van der Waals surface area (Å²) < 4.78 is 5.21. The molecule has 9 heavy (non-hydrogen) atoms. The molecule has 1 rings (SSSR count). The number of hydrogen-bond donors (Lipinski definition) is 2. The third kappa shape index (κ3) is 1.43. The molecule has 3 nitrogen and oxygen atoms in total. The van der Waals surface area contributed by atoms with Gasteiger partial charge in [0.25, 0.3) is 0 Å². The fourth-order valence-electron chi connectivity index (χ4n) is 0.824. The highest BCUT2D eigenvalue weighted by Gasteiger charge is 2.25. The SMILES string of the molecule is CC1(N)CC=C(CN)O1. The van der Waals surface area contributed by atoms with Gasteiger partial charge in [0.05, 0.1) is 6.54 Å². The van der Waals surface area contributed by atoms with E-state index in [1.165, 1.54) is 0 Å². The number of nitrogens with two attached hydrogens (primary N) is 2. The van der Waals surface area contributed by atoms with Crippen LogP contribution in [0.5, 0.6) is 0 Å². The second-order valence-corrected chi connectivity index (χ2v) is 2.49. The molecule has 0 radical (unpaired) electrons. The van der Waals surface area contributed by atoms with Gasteiger partial charge in [-0.05, 0) is 13.0 Å². The normalized spacial score (nSPS) is 33.9. The molecule has 4 N–H and O–H groups in total. The number of hydrogen-bond acceptors (Lipinski definition) is 3. The quantitative estimate of drug-likeness (QED) is 0.519. The van der Waals surface area contributed by atoms with E-state index >= 15 is 0 Å². The van der Waals surface area contributed by atoms with Gasteiger partial charge in [0.1, 0.15) is 5.76 Å². The van der Waals surface area contributed by atoms with Crippen molar-refractivity contribution in [3.63, 3.8) is 0 Å². The molecule has 0 bridgehead atoms. The lowest BCUT2D eigenvalue weighted by atomic mass is 10.2. The Morgan fingerprint density at radius 3 is 2.78 bits per heavy atom. The molecular formula is C6H12N2O. The number of rotatable bonds is 1. The molecule has 0 aliphatic carbocycles. The van der Waals surface area contributed by atoms with Crippen molar-refractivity contribution < 1.29 is 4.74 Å². The van der Waals surface area contributed by atoms with Crippen LogP contribution >= 0.6 is 0 Å². The zero-order chi connectivity index (χ0) is 6.91. The Kier molecular flexibility index (Phi) is 1.47. The summed E-state index contributed by atoms with van der Waals surface area (Å²) in [4.78, 5) is 0. The molecule has 3 heteroatoms. The van der Waals surface area contributed by atoms with Crippen LogP contribution < -0.4 is 11.5 Å². The minimum Gasteiger partial charge on any atom is -0.476 e. The minimum atomic E-state index is -0.505. The van der Waals surface area contributed by atoms with Gasteiger partial charge >= 0.3 is 0 Å². The minimum absolute atomic E-state index is 0.451. The van der Waals surface area contributed by atoms with Gasteiger partial charge in [-0.15, -0.1) is 0 Å². The smallest absolute Gasteiger partial charge is 0.158 e. The zero-order valence-corrected chi connectivity index (χ0v) is 5.55. The maximum atomic E-state index is 5.61. The van der Waals surface area contributed by atoms with E-state index in [0.717, 1.165) is 12.2 Å². The van der Waals surface area contributed by atoms with Gasteiger partial charge in [-0.1, -0.05) is 0 Å². The zero-order valence-electron chi connectivity index (χ0n) is 5.55. The van der Waals surface area contributed by atoms with Crippen LogP contribution in [-0.2, 0) is 4.74 Å². The summed E-state index contributed by atoms with van der Waals surface area (Å²) in [6, 6.07) is 0. The fraction of sp³-hybridized carbons (Fsp3) is 0.667. The van der Waals surface area contributed by atoms with Crippen LogP contribution in [0.1, 0.15) is 13.3 Å². The summed E-state index contributed by atoms with van der Waals surface area (Å²) >= 11 is 0. The van der Waals surface area contributed by atoms with Crippen molar-refractivity contribution in [2.24, 2.45) is 11.5 Å². The predicted octanol–water partition coefficient (Wildman–Crippen LogP) is -0.0758. The Hall–Kier alpha value is -0.540. The molecule has 52 valence electrons. The molecule has 0 aromatic heterocycles. The molecule has 0 aromatic carbocycles. The first kappa shape index (κ1) is 6.58. The van der Waals surface area contributed by atoms with E-state index in [1.807, 2.05) is 13.0 Å². The molecule has 0 saturated carbocycles. The Morgan fingerprint density at radius 2 is 2.56 bits per heavy atom. The van der Waals surface area contributed by atoms with E-state index in [2.05, 4.69) is 0 Å². The highest BCUT2D eigenvalue weighted by Crippen LogP contribution is 2.21. The maximum absolute atomic E-state index is 5.61. The van der Waals surface area contributed by atoms with E-state index in [0.29, 0.717) is 6.54 Å². The van der Waals surface area contributed by atoms with Crippen LogP contribution in [0.25, 0.3) is 0 Å². The summed E-state index contributed by atoms with van der Waals surface area (Å²) in [7, 11) is 0. The van der Waals surface area contributed by atoms with Crippen molar-refractivity contribution >= 4 is 0 Å². The van der Waals surface area contributed by atoms with Gasteiger partial charge in [-0.3, -0.25) is 5.73 Å². The molecular weight excluding hydrogens is 116 g/mol. The molecule has 0 fully saturated rings. The summed E-state index contributed by atoms with van der Waals surface area (Å²) in [6.45, 7) is 2.29. The monoisotopic (exact) mass is 128 g/mol. The molecule has 0 saturated heterocycles. The van der Waals surface area contributed by atoms with Crippen LogP contribution in [0.3, 0.4) is 0 Å². The first-order valence-electron chi connectivity index (χ1n) is 3.01. The highest BCUT2D eigenvalue weighted by molar-refractivity contribution is 5.05. The van der Waals surface area contributed by atoms with Crippen LogP contribution in [0.2, 0.25) is 0 Å². The van der Waals surface area contributed by atoms with E-state index in [9.17, 15) is 0 Å². The van der Waals surface area contributed by atoms with Gasteiger partial charge in [0, 0.05) is 6.42 Å². The van der Waals surface area contributed by atoms with Gasteiger partial charge in [0.15, 0.2) is 5.72 Å². The average Bonchev–Trinajstić information content (AvgIpc) is 2.10. The Morgan fingerprint density at radius 1 is 1.89 bits per heavy atom. The lowest BCUT2D eigenvalue weighted by Gasteiger charge is -2.18. The fourth-order valence-corrected chi connectivity index (χ4v) is 0.824. The van der Waals surface area contributed by atoms with Crippen LogP contribution in [-0.4, -0.2) is 12.3 Å². The van der Waals surface area contributed by atoms with Crippen molar-refractivity contribution in [2.75, 3.05) is 6.54 Å². The first-order chi connectivity index (χ1) is 4.14. The van der Waals surface area contributed by atoms with Crippen LogP contribution in [0.15, 0.2) is 11.8 Å². The molecule has 0 spiro atoms. The maximum Gasteiger partial charge on any atom is 0.158 e. The van der Waals surface area contributed by atoms with E-state index in [-0.39, 0.29) is 0 Å². The lowest BCUT2D eigenvalue weighted by Crippen LogP contribution is -2.35. The average molecular weight is 128 g/mol. The van der Waals surface area contributed by atoms with Crippen molar-refractivity contribution in [1.29, 1.82) is 0 Å². The Balaban J connectivity index is 2.50. The van der Waals surface area contributed by atoms with E-state index in [4.69, 9.17) is 16.2 Å². The largest absolute Gasteiger partial charge is 0.476 e. The number of ether oxygens (including phenoxy) is 1. The van der Waals surface area contributed by atoms with Crippen molar-refractivity contribution in [1.82, 2.24) is 0 Å². The van der Waals surface area contributed by atoms with Crippen molar-refractivity contribution in [2.45, 2.75) is 19.1 Å². The molecule has 1 aliphatic heterocycles. The predicted molar refractivity (Wildman–Crippen MR) is 35.4 cm³/mol. The first-order valence-corrected chi connectivity index (χ1v) is 3.01. The standard InChI is InChI=1S/C6H12N2O/c1-6(8)3-2-5(4-7)9-6/h2H,3-4,7-8H2,1H3. The Bertz CT molecular complexity index is 140. The van der Waals surface area contributed by atoms with Crippen LogP contribution in [0.4, 0.5) is 0 Å².